The molecule has 0 aliphatic heterocycles. The van der Waals surface area contributed by atoms with Crippen LogP contribution in [-0.2, 0) is 4.74 Å². The molecule has 2 N–H and O–H groups in total. The number of nitrogens with one attached hydrogen (secondary N) is 1. The van der Waals surface area contributed by atoms with E-state index in [0.717, 1.165) is 11.8 Å². The Morgan fingerprint density at radius 3 is 2.90 bits per heavy atom. The Morgan fingerprint density at radius 2 is 2.25 bits per heavy atom. The van der Waals surface area contributed by atoms with Gasteiger partial charge in [-0.15, -0.1) is 0 Å². The van der Waals surface area contributed by atoms with Crippen LogP contribution in [0.25, 0.3) is 10.9 Å². The van der Waals surface area contributed by atoms with Gasteiger partial charge >= 0.3 is 5.97 Å². The Balaban J connectivity index is 2.36. The zero-order chi connectivity index (χ0) is 14.5. The van der Waals surface area contributed by atoms with E-state index in [1.165, 1.54) is 6.33 Å². The first-order valence-electron chi connectivity index (χ1n) is 6.39. The molecule has 0 aliphatic carbocycles. The number of nitrogens with zero attached hydrogens (tertiary/aromatic N) is 2. The molecule has 2 aromatic rings. The first kappa shape index (κ1) is 14.2. The highest BCUT2D eigenvalue weighted by Crippen LogP contribution is 2.21. The Bertz CT molecular complexity index is 616. The largest absolute Gasteiger partial charge is 0.478 e. The molecule has 0 saturated heterocycles. The number of fused-ring (bicyclic) bond motifs is 1. The van der Waals surface area contributed by atoms with Crippen LogP contribution in [0, 0.1) is 0 Å². The molecule has 1 atom stereocenters. The highest BCUT2D eigenvalue weighted by molar-refractivity contribution is 5.96. The van der Waals surface area contributed by atoms with Gasteiger partial charge in [0.25, 0.3) is 0 Å². The number of carboxylic acids is 1. The lowest BCUT2D eigenvalue weighted by Crippen LogP contribution is -2.24. The van der Waals surface area contributed by atoms with Gasteiger partial charge in [0.15, 0.2) is 0 Å². The summed E-state index contributed by atoms with van der Waals surface area (Å²) in [6.45, 7) is 2.64. The minimum Gasteiger partial charge on any atom is -0.478 e. The van der Waals surface area contributed by atoms with Crippen molar-refractivity contribution in [1.82, 2.24) is 9.97 Å². The van der Waals surface area contributed by atoms with Crippen LogP contribution in [0.1, 0.15) is 23.7 Å². The summed E-state index contributed by atoms with van der Waals surface area (Å²) >= 11 is 0. The predicted octanol–water partition coefficient (Wildman–Crippen LogP) is 2.16. The molecule has 20 heavy (non-hydrogen) atoms. The zero-order valence-corrected chi connectivity index (χ0v) is 11.5. The number of rotatable bonds is 6. The molecule has 1 unspecified atom stereocenters. The summed E-state index contributed by atoms with van der Waals surface area (Å²) in [6, 6.07) is 4.97. The first-order chi connectivity index (χ1) is 9.65. The van der Waals surface area contributed by atoms with E-state index in [1.807, 2.05) is 0 Å². The van der Waals surface area contributed by atoms with E-state index in [-0.39, 0.29) is 11.6 Å². The molecule has 0 bridgehead atoms. The van der Waals surface area contributed by atoms with Crippen molar-refractivity contribution >= 4 is 22.7 Å². The van der Waals surface area contributed by atoms with E-state index in [9.17, 15) is 4.79 Å². The molecule has 0 fully saturated rings. The van der Waals surface area contributed by atoms with Crippen molar-refractivity contribution < 1.29 is 14.6 Å². The van der Waals surface area contributed by atoms with Gasteiger partial charge in [0.1, 0.15) is 12.1 Å². The van der Waals surface area contributed by atoms with Crippen LogP contribution in [-0.4, -0.2) is 40.8 Å². The lowest BCUT2D eigenvalue weighted by molar-refractivity contribution is 0.0697. The highest BCUT2D eigenvalue weighted by Gasteiger charge is 2.11. The van der Waals surface area contributed by atoms with Crippen molar-refractivity contribution in [1.29, 1.82) is 0 Å². The number of benzene rings is 1. The van der Waals surface area contributed by atoms with Crippen LogP contribution in [0.2, 0.25) is 0 Å². The summed E-state index contributed by atoms with van der Waals surface area (Å²) in [5, 5.41) is 13.1. The van der Waals surface area contributed by atoms with Crippen LogP contribution >= 0.6 is 0 Å². The van der Waals surface area contributed by atoms with Crippen LogP contribution in [0.3, 0.4) is 0 Å². The number of hydrogen-bond acceptors (Lipinski definition) is 5. The number of carboxylic acid groups (broad SMARTS) is 1. The second-order valence-corrected chi connectivity index (χ2v) is 4.46. The summed E-state index contributed by atoms with van der Waals surface area (Å²) in [5.41, 5.74) is 0.820. The van der Waals surface area contributed by atoms with E-state index < -0.39 is 5.97 Å². The maximum absolute atomic E-state index is 11.0. The maximum atomic E-state index is 11.0. The molecule has 0 saturated carbocycles. The molecule has 6 heteroatoms. The number of methoxy groups -OCH3 is 1. The second-order valence-electron chi connectivity index (χ2n) is 4.46. The molecule has 0 aliphatic rings. The van der Waals surface area contributed by atoms with Crippen LogP contribution < -0.4 is 5.32 Å². The number of anilines is 1. The third-order valence-corrected chi connectivity index (χ3v) is 3.08. The van der Waals surface area contributed by atoms with Gasteiger partial charge < -0.3 is 15.2 Å². The molecule has 1 aromatic heterocycles. The van der Waals surface area contributed by atoms with Gasteiger partial charge in [-0.05, 0) is 24.6 Å². The Hall–Kier alpha value is -2.21. The quantitative estimate of drug-likeness (QED) is 0.840. The van der Waals surface area contributed by atoms with Gasteiger partial charge in [0.05, 0.1) is 23.7 Å². The number of carbonyl (C=O) groups is 1. The maximum Gasteiger partial charge on any atom is 0.335 e. The molecule has 1 aromatic carbocycles. The molecule has 106 valence electrons. The standard InChI is InChI=1S/C14H17N3O3/c1-3-10(7-20-2)17-13-11-5-4-9(14(18)19)6-12(11)15-8-16-13/h4-6,8,10H,3,7H2,1-2H3,(H,18,19)(H,15,16,17). The van der Waals surface area contributed by atoms with Crippen molar-refractivity contribution in [2.45, 2.75) is 19.4 Å². The lowest BCUT2D eigenvalue weighted by Gasteiger charge is -2.17. The Kier molecular flexibility index (Phi) is 4.47. The Labute approximate surface area is 116 Å². The number of aromatic carboxylic acids is 1. The first-order valence-corrected chi connectivity index (χ1v) is 6.39. The summed E-state index contributed by atoms with van der Waals surface area (Å²) < 4.78 is 5.15. The number of ether oxygens (including phenoxy) is 1. The summed E-state index contributed by atoms with van der Waals surface area (Å²) in [7, 11) is 1.65. The summed E-state index contributed by atoms with van der Waals surface area (Å²) in [6.07, 6.45) is 2.32. The van der Waals surface area contributed by atoms with Crippen molar-refractivity contribution in [2.24, 2.45) is 0 Å². The molecule has 6 nitrogen and oxygen atoms in total. The normalized spacial score (nSPS) is 12.3. The van der Waals surface area contributed by atoms with Crippen LogP contribution in [0.5, 0.6) is 0 Å². The monoisotopic (exact) mass is 275 g/mol. The number of hydrogen-bond donors (Lipinski definition) is 2. The van der Waals surface area contributed by atoms with E-state index in [4.69, 9.17) is 9.84 Å². The zero-order valence-electron chi connectivity index (χ0n) is 11.5. The minimum absolute atomic E-state index is 0.150. The molecular weight excluding hydrogens is 258 g/mol. The van der Waals surface area contributed by atoms with E-state index in [0.29, 0.717) is 17.9 Å². The van der Waals surface area contributed by atoms with Gasteiger partial charge in [-0.2, -0.15) is 0 Å². The van der Waals surface area contributed by atoms with E-state index >= 15 is 0 Å². The smallest absolute Gasteiger partial charge is 0.335 e. The summed E-state index contributed by atoms with van der Waals surface area (Å²) in [5.74, 6) is -0.276. The van der Waals surface area contributed by atoms with Gasteiger partial charge in [-0.1, -0.05) is 6.92 Å². The number of aromatic nitrogens is 2. The summed E-state index contributed by atoms with van der Waals surface area (Å²) in [4.78, 5) is 19.3. The Morgan fingerprint density at radius 1 is 1.45 bits per heavy atom. The topological polar surface area (TPSA) is 84.3 Å². The van der Waals surface area contributed by atoms with E-state index in [1.54, 1.807) is 25.3 Å². The van der Waals surface area contributed by atoms with Crippen molar-refractivity contribution in [2.75, 3.05) is 19.0 Å². The SMILES string of the molecule is CCC(COC)Nc1ncnc2cc(C(=O)O)ccc12. The fourth-order valence-electron chi connectivity index (χ4n) is 1.96. The van der Waals surface area contributed by atoms with Crippen molar-refractivity contribution in [3.05, 3.63) is 30.1 Å². The third kappa shape index (κ3) is 3.03. The third-order valence-electron chi connectivity index (χ3n) is 3.08. The molecule has 2 rings (SSSR count). The molecule has 0 spiro atoms. The van der Waals surface area contributed by atoms with Gasteiger partial charge in [-0.3, -0.25) is 0 Å². The fraction of sp³-hybridized carbons (Fsp3) is 0.357. The molecule has 0 amide bonds. The molecule has 0 radical (unpaired) electrons. The predicted molar refractivity (Wildman–Crippen MR) is 76.1 cm³/mol. The van der Waals surface area contributed by atoms with Crippen molar-refractivity contribution in [3.63, 3.8) is 0 Å². The van der Waals surface area contributed by atoms with Crippen LogP contribution in [0.15, 0.2) is 24.5 Å². The van der Waals surface area contributed by atoms with Crippen LogP contribution in [0.4, 0.5) is 5.82 Å². The van der Waals surface area contributed by atoms with Gasteiger partial charge in [0, 0.05) is 12.5 Å². The molecule has 1 heterocycles. The van der Waals surface area contributed by atoms with Crippen molar-refractivity contribution in [3.8, 4) is 0 Å². The van der Waals surface area contributed by atoms with Gasteiger partial charge in [0.2, 0.25) is 0 Å². The minimum atomic E-state index is -0.967. The average molecular weight is 275 g/mol. The van der Waals surface area contributed by atoms with E-state index in [2.05, 4.69) is 22.2 Å². The lowest BCUT2D eigenvalue weighted by atomic mass is 10.1. The average Bonchev–Trinajstić information content (AvgIpc) is 2.46. The van der Waals surface area contributed by atoms with Gasteiger partial charge in [-0.25, -0.2) is 14.8 Å². The fourth-order valence-corrected chi connectivity index (χ4v) is 1.96. The second kappa shape index (κ2) is 6.29. The highest BCUT2D eigenvalue weighted by atomic mass is 16.5. The molecular formula is C14H17N3O3.